The number of carbonyl (C=O) groups is 2. The predicted molar refractivity (Wildman–Crippen MR) is 270 cm³/mol. The lowest BCUT2D eigenvalue weighted by Gasteiger charge is -2.49. The van der Waals surface area contributed by atoms with Gasteiger partial charge in [0.15, 0.2) is 5.60 Å². The average molecular weight is 981 g/mol. The largest absolute Gasteiger partial charge is 0.508 e. The third-order valence-electron chi connectivity index (χ3n) is 13.9. The number of phenols is 2. The maximum absolute atomic E-state index is 13.5. The Labute approximate surface area is 415 Å². The maximum Gasteiger partial charge on any atom is 0.340 e. The van der Waals surface area contributed by atoms with Gasteiger partial charge in [-0.1, -0.05) is 66.7 Å². The van der Waals surface area contributed by atoms with Crippen molar-refractivity contribution < 1.29 is 47.2 Å². The van der Waals surface area contributed by atoms with E-state index in [1.807, 2.05) is 6.07 Å². The van der Waals surface area contributed by atoms with E-state index in [-0.39, 0.29) is 59.2 Å². The number of fused-ring (bicyclic) bond motifs is 6. The molecule has 0 radical (unpaired) electrons. The Hall–Kier alpha value is -6.59. The summed E-state index contributed by atoms with van der Waals surface area (Å²) >= 11 is 0. The van der Waals surface area contributed by atoms with Gasteiger partial charge in [0.2, 0.25) is 10.0 Å². The van der Waals surface area contributed by atoms with Crippen LogP contribution in [0.2, 0.25) is 0 Å². The van der Waals surface area contributed by atoms with Crippen molar-refractivity contribution in [3.63, 3.8) is 0 Å². The number of nitrogens with zero attached hydrogens (tertiary/aromatic N) is 1. The molecule has 14 nitrogen and oxygen atoms in total. The highest BCUT2D eigenvalue weighted by Gasteiger charge is 2.54. The number of sulfonamides is 1. The first kappa shape index (κ1) is 49.4. The summed E-state index contributed by atoms with van der Waals surface area (Å²) in [6.45, 7) is 11.5. The second-order valence-corrected chi connectivity index (χ2v) is 20.1. The van der Waals surface area contributed by atoms with Crippen molar-refractivity contribution in [2.24, 2.45) is 0 Å². The van der Waals surface area contributed by atoms with Crippen LogP contribution in [0, 0.1) is 20.8 Å². The number of aryl methyl sites for hydroxylation is 2. The molecule has 2 atom stereocenters. The van der Waals surface area contributed by atoms with Gasteiger partial charge in [-0.3, -0.25) is 9.69 Å². The molecule has 3 aliphatic rings. The van der Waals surface area contributed by atoms with E-state index in [1.54, 1.807) is 49.4 Å². The average Bonchev–Trinajstić information content (AvgIpc) is 3.64. The molecule has 1 amide bonds. The molecule has 0 aromatic heterocycles. The summed E-state index contributed by atoms with van der Waals surface area (Å²) in [5.41, 5.74) is 7.66. The molecule has 1 unspecified atom stereocenters. The fraction of sp³-hybridized carbons (Fsp3) is 0.321. The number of amides is 1. The number of benzene rings is 6. The minimum absolute atomic E-state index is 0.0381. The van der Waals surface area contributed by atoms with Crippen molar-refractivity contribution in [2.45, 2.75) is 56.1 Å². The Morgan fingerprint density at radius 3 is 2.13 bits per heavy atom. The summed E-state index contributed by atoms with van der Waals surface area (Å²) in [7, 11) is -3.56. The van der Waals surface area contributed by atoms with Gasteiger partial charge in [0.25, 0.3) is 5.91 Å². The van der Waals surface area contributed by atoms with Crippen molar-refractivity contribution in [2.75, 3.05) is 65.7 Å². The first-order chi connectivity index (χ1) is 34.3. The van der Waals surface area contributed by atoms with Crippen LogP contribution >= 0.6 is 0 Å². The lowest BCUT2D eigenvalue weighted by atomic mass is 9.77. The fourth-order valence-electron chi connectivity index (χ4n) is 9.94. The molecule has 1 spiro atoms. The van der Waals surface area contributed by atoms with E-state index in [2.05, 4.69) is 76.6 Å². The van der Waals surface area contributed by atoms with Crippen LogP contribution in [0.1, 0.15) is 78.4 Å². The van der Waals surface area contributed by atoms with Gasteiger partial charge >= 0.3 is 5.97 Å². The van der Waals surface area contributed by atoms with Crippen LogP contribution < -0.4 is 20.1 Å². The molecule has 0 bridgehead atoms. The fourth-order valence-corrected chi connectivity index (χ4v) is 11.3. The molecule has 0 aliphatic carbocycles. The van der Waals surface area contributed by atoms with Crippen LogP contribution in [0.3, 0.4) is 0 Å². The number of hydrogen-bond donors (Lipinski definition) is 5. The van der Waals surface area contributed by atoms with Gasteiger partial charge in [-0.2, -0.15) is 0 Å². The van der Waals surface area contributed by atoms with Crippen LogP contribution in [0.25, 0.3) is 11.1 Å². The van der Waals surface area contributed by atoms with Gasteiger partial charge in [-0.15, -0.1) is 0 Å². The maximum atomic E-state index is 13.5. The smallest absolute Gasteiger partial charge is 0.340 e. The number of likely N-dealkylation sites (tertiary alicyclic amines) is 1. The van der Waals surface area contributed by atoms with Crippen molar-refractivity contribution in [1.29, 1.82) is 0 Å². The Morgan fingerprint density at radius 1 is 0.732 bits per heavy atom. The highest BCUT2D eigenvalue weighted by Crippen LogP contribution is 2.57. The standard InChI is InChI=1S/C56H60N4O10S/c1-36-10-8-11-44(38(36)3)39-13-15-40(16-14-39)46-35-60(26-7-6-23-59-71(65,66)53-12-5-4-9-37(53)2)50(46)34-57-24-27-67-29-30-68-28-25-58-54(63)41-17-20-47-45(31-41)55(64)70-56(47)48-21-18-42(61)32-51(48)69-52-33-43(62)19-22-49(52)56/h4-5,8-22,31-33,46,50,57,59,61-62H,6-7,23-30,34-35H2,1-3H3,(H,58,63)/t46?,50-/m1/s1. The molecule has 71 heavy (non-hydrogen) atoms. The summed E-state index contributed by atoms with van der Waals surface area (Å²) in [5.74, 6) is -0.168. The molecule has 3 heterocycles. The molecule has 6 aromatic rings. The summed E-state index contributed by atoms with van der Waals surface area (Å²) in [5, 5.41) is 26.8. The zero-order valence-corrected chi connectivity index (χ0v) is 41.0. The number of unbranched alkanes of at least 4 members (excludes halogenated alkanes) is 1. The zero-order valence-electron chi connectivity index (χ0n) is 40.2. The minimum Gasteiger partial charge on any atom is -0.508 e. The summed E-state index contributed by atoms with van der Waals surface area (Å²) in [4.78, 5) is 29.5. The monoisotopic (exact) mass is 980 g/mol. The first-order valence-corrected chi connectivity index (χ1v) is 25.7. The molecule has 3 aliphatic heterocycles. The molecular formula is C56H60N4O10S. The lowest BCUT2D eigenvalue weighted by molar-refractivity contribution is 0.0224. The second-order valence-electron chi connectivity index (χ2n) is 18.4. The number of ether oxygens (including phenoxy) is 4. The topological polar surface area (TPSA) is 185 Å². The molecule has 15 heteroatoms. The third-order valence-corrected chi connectivity index (χ3v) is 15.5. The van der Waals surface area contributed by atoms with Gasteiger partial charge in [0.05, 0.1) is 36.9 Å². The van der Waals surface area contributed by atoms with Gasteiger partial charge in [-0.25, -0.2) is 17.9 Å². The zero-order chi connectivity index (χ0) is 49.7. The van der Waals surface area contributed by atoms with E-state index in [9.17, 15) is 28.2 Å². The van der Waals surface area contributed by atoms with Crippen LogP contribution in [0.5, 0.6) is 23.0 Å². The Balaban J connectivity index is 0.715. The van der Waals surface area contributed by atoms with E-state index in [4.69, 9.17) is 18.9 Å². The first-order valence-electron chi connectivity index (χ1n) is 24.2. The van der Waals surface area contributed by atoms with Crippen molar-refractivity contribution in [3.8, 4) is 34.1 Å². The van der Waals surface area contributed by atoms with E-state index in [1.165, 1.54) is 58.1 Å². The van der Waals surface area contributed by atoms with E-state index >= 15 is 0 Å². The normalized spacial score (nSPS) is 16.6. The number of aromatic hydroxyl groups is 2. The van der Waals surface area contributed by atoms with Crippen molar-refractivity contribution in [1.82, 2.24) is 20.3 Å². The van der Waals surface area contributed by atoms with Gasteiger partial charge < -0.3 is 39.8 Å². The van der Waals surface area contributed by atoms with Crippen molar-refractivity contribution in [3.05, 3.63) is 171 Å². The van der Waals surface area contributed by atoms with Gasteiger partial charge in [0, 0.05) is 79.1 Å². The van der Waals surface area contributed by atoms with E-state index in [0.29, 0.717) is 60.4 Å². The highest BCUT2D eigenvalue weighted by molar-refractivity contribution is 7.89. The molecule has 6 aromatic carbocycles. The molecule has 370 valence electrons. The van der Waals surface area contributed by atoms with Crippen LogP contribution in [0.15, 0.2) is 126 Å². The number of esters is 1. The molecule has 0 saturated carbocycles. The number of hydrogen-bond acceptors (Lipinski definition) is 12. The van der Waals surface area contributed by atoms with Crippen LogP contribution in [-0.4, -0.2) is 107 Å². The molecule has 5 N–H and O–H groups in total. The van der Waals surface area contributed by atoms with Gasteiger partial charge in [-0.05, 0) is 116 Å². The molecular weight excluding hydrogens is 921 g/mol. The van der Waals surface area contributed by atoms with Gasteiger partial charge in [0.1, 0.15) is 23.0 Å². The Bertz CT molecular complexity index is 2980. The Morgan fingerprint density at radius 2 is 1.41 bits per heavy atom. The van der Waals surface area contributed by atoms with E-state index < -0.39 is 21.6 Å². The highest BCUT2D eigenvalue weighted by atomic mass is 32.2. The number of rotatable bonds is 21. The molecule has 1 saturated heterocycles. The summed E-state index contributed by atoms with van der Waals surface area (Å²) < 4.78 is 52.3. The summed E-state index contributed by atoms with van der Waals surface area (Å²) in [6, 6.07) is 36.6. The third kappa shape index (κ3) is 10.4. The quantitative estimate of drug-likeness (QED) is 0.0348. The summed E-state index contributed by atoms with van der Waals surface area (Å²) in [6.07, 6.45) is 1.60. The number of nitrogens with one attached hydrogen (secondary N) is 3. The predicted octanol–water partition coefficient (Wildman–Crippen LogP) is 7.84. The minimum atomic E-state index is -3.56. The number of carbonyl (C=O) groups excluding carboxylic acids is 2. The number of phenolic OH excluding ortho intramolecular Hbond substituents is 2. The SMILES string of the molecule is Cc1ccccc1S(=O)(=O)NCCCCN1CC(c2ccc(-c3cccc(C)c3C)cc2)[C@H]1CNCCOCCOCCNC(=O)c1ccc2c(c1)C(=O)OC21c2ccc(O)cc2Oc2cc(O)ccc21. The second kappa shape index (κ2) is 21.4. The molecule has 9 rings (SSSR count). The van der Waals surface area contributed by atoms with Crippen LogP contribution in [0.4, 0.5) is 0 Å². The lowest BCUT2D eigenvalue weighted by Crippen LogP contribution is -2.59. The molecule has 1 fully saturated rings. The Kier molecular flexibility index (Phi) is 14.9. The van der Waals surface area contributed by atoms with Crippen LogP contribution in [-0.2, 0) is 29.8 Å². The van der Waals surface area contributed by atoms with Crippen molar-refractivity contribution >= 4 is 21.9 Å². The van der Waals surface area contributed by atoms with E-state index in [0.717, 1.165) is 38.0 Å².